The first-order chi connectivity index (χ1) is 18.6. The predicted molar refractivity (Wildman–Crippen MR) is 146 cm³/mol. The summed E-state index contributed by atoms with van der Waals surface area (Å²) in [6.45, 7) is 21.7. The maximum absolute atomic E-state index is 11.0. The van der Waals surface area contributed by atoms with Crippen LogP contribution in [0, 0.1) is 0 Å². The van der Waals surface area contributed by atoms with Crippen LogP contribution in [0.3, 0.4) is 0 Å². The van der Waals surface area contributed by atoms with Gasteiger partial charge in [-0.1, -0.05) is 13.2 Å². The van der Waals surface area contributed by atoms with Gasteiger partial charge in [0.15, 0.2) is 0 Å². The minimum absolute atomic E-state index is 0.102. The maximum Gasteiger partial charge on any atom is 0.330 e. The van der Waals surface area contributed by atoms with Crippen LogP contribution in [0.1, 0.15) is 41.5 Å². The Hall–Kier alpha value is -1.86. The lowest BCUT2D eigenvalue weighted by Gasteiger charge is -2.22. The molecular weight excluding hydrogens is 512 g/mol. The fourth-order valence-electron chi connectivity index (χ4n) is 2.75. The van der Waals surface area contributed by atoms with Gasteiger partial charge in [-0.2, -0.15) is 0 Å². The van der Waals surface area contributed by atoms with Crippen molar-refractivity contribution < 1.29 is 52.2 Å². The summed E-state index contributed by atoms with van der Waals surface area (Å²) in [5, 5.41) is 0. The van der Waals surface area contributed by atoms with Gasteiger partial charge in [-0.15, -0.1) is 0 Å². The Morgan fingerprint density at radius 2 is 0.795 bits per heavy atom. The Kier molecular flexibility index (Phi) is 22.8. The third-order valence-corrected chi connectivity index (χ3v) is 4.97. The lowest BCUT2D eigenvalue weighted by Crippen LogP contribution is -2.30. The minimum atomic E-state index is -0.468. The van der Waals surface area contributed by atoms with Gasteiger partial charge in [0, 0.05) is 12.2 Å². The Bertz CT molecular complexity index is 657. The van der Waals surface area contributed by atoms with Crippen LogP contribution in [0.2, 0.25) is 0 Å². The van der Waals surface area contributed by atoms with Crippen LogP contribution in [-0.4, -0.2) is 115 Å². The summed E-state index contributed by atoms with van der Waals surface area (Å²) in [5.74, 6) is -0.935. The molecule has 0 saturated heterocycles. The fourth-order valence-corrected chi connectivity index (χ4v) is 2.75. The molecule has 0 saturated carbocycles. The highest BCUT2D eigenvalue weighted by molar-refractivity contribution is 5.81. The van der Waals surface area contributed by atoms with Gasteiger partial charge in [0.1, 0.15) is 13.2 Å². The lowest BCUT2D eigenvalue weighted by atomic mass is 10.3. The largest absolute Gasteiger partial charge is 0.460 e. The van der Waals surface area contributed by atoms with E-state index in [-0.39, 0.29) is 49.8 Å². The standard InChI is InChI=1S/C28H50O11/c1-9-27(29)33-12-11-31-15-21(3)35-17-23(5)37-19-25(7)39-20-26(8)38-18-24(6)36-16-22(4)32-13-14-34-28(30)10-2/h9-10,21-26H,1-2,11-20H2,3-8H3. The van der Waals surface area contributed by atoms with E-state index in [1.165, 1.54) is 0 Å². The molecule has 11 nitrogen and oxygen atoms in total. The molecule has 0 bridgehead atoms. The number of carbonyl (C=O) groups is 2. The van der Waals surface area contributed by atoms with Crippen LogP contribution in [-0.2, 0) is 52.2 Å². The Morgan fingerprint density at radius 1 is 0.487 bits per heavy atom. The van der Waals surface area contributed by atoms with Crippen LogP contribution in [0.25, 0.3) is 0 Å². The number of hydrogen-bond acceptors (Lipinski definition) is 11. The highest BCUT2D eigenvalue weighted by Gasteiger charge is 2.13. The Balaban J connectivity index is 3.80. The molecular formula is C28H50O11. The molecule has 0 aliphatic heterocycles. The first-order valence-corrected chi connectivity index (χ1v) is 13.4. The van der Waals surface area contributed by atoms with Gasteiger partial charge >= 0.3 is 11.9 Å². The summed E-state index contributed by atoms with van der Waals surface area (Å²) in [7, 11) is 0. The first-order valence-electron chi connectivity index (χ1n) is 13.4. The van der Waals surface area contributed by atoms with E-state index >= 15 is 0 Å². The molecule has 228 valence electrons. The molecule has 0 spiro atoms. The Labute approximate surface area is 234 Å². The molecule has 6 unspecified atom stereocenters. The number of carbonyl (C=O) groups excluding carboxylic acids is 2. The van der Waals surface area contributed by atoms with Crippen molar-refractivity contribution in [1.29, 1.82) is 0 Å². The highest BCUT2D eigenvalue weighted by atomic mass is 16.6. The van der Waals surface area contributed by atoms with Crippen LogP contribution < -0.4 is 0 Å². The molecule has 0 aromatic carbocycles. The van der Waals surface area contributed by atoms with Crippen molar-refractivity contribution in [2.24, 2.45) is 0 Å². The van der Waals surface area contributed by atoms with E-state index in [9.17, 15) is 9.59 Å². The molecule has 0 aliphatic rings. The average molecular weight is 563 g/mol. The molecule has 0 aromatic heterocycles. The van der Waals surface area contributed by atoms with Crippen molar-refractivity contribution in [3.63, 3.8) is 0 Å². The summed E-state index contributed by atoms with van der Waals surface area (Å²) >= 11 is 0. The molecule has 6 atom stereocenters. The Morgan fingerprint density at radius 3 is 1.15 bits per heavy atom. The molecule has 0 aliphatic carbocycles. The number of hydrogen-bond donors (Lipinski definition) is 0. The van der Waals surface area contributed by atoms with Crippen molar-refractivity contribution in [3.05, 3.63) is 25.3 Å². The summed E-state index contributed by atoms with van der Waals surface area (Å²) in [4.78, 5) is 21.9. The molecule has 0 heterocycles. The van der Waals surface area contributed by atoms with Crippen molar-refractivity contribution in [3.8, 4) is 0 Å². The zero-order valence-electron chi connectivity index (χ0n) is 24.6. The molecule has 0 radical (unpaired) electrons. The highest BCUT2D eigenvalue weighted by Crippen LogP contribution is 2.04. The van der Waals surface area contributed by atoms with Crippen LogP contribution in [0.5, 0.6) is 0 Å². The van der Waals surface area contributed by atoms with E-state index in [1.807, 2.05) is 41.5 Å². The van der Waals surface area contributed by atoms with Gasteiger partial charge in [-0.3, -0.25) is 0 Å². The number of ether oxygens (including phenoxy) is 9. The van der Waals surface area contributed by atoms with E-state index in [2.05, 4.69) is 13.2 Å². The third-order valence-electron chi connectivity index (χ3n) is 4.97. The maximum atomic E-state index is 11.0. The minimum Gasteiger partial charge on any atom is -0.460 e. The van der Waals surface area contributed by atoms with Gasteiger partial charge < -0.3 is 42.6 Å². The van der Waals surface area contributed by atoms with Gasteiger partial charge in [0.2, 0.25) is 0 Å². The van der Waals surface area contributed by atoms with Crippen LogP contribution in [0.15, 0.2) is 25.3 Å². The smallest absolute Gasteiger partial charge is 0.330 e. The van der Waals surface area contributed by atoms with E-state index < -0.39 is 11.9 Å². The van der Waals surface area contributed by atoms with Crippen molar-refractivity contribution >= 4 is 11.9 Å². The van der Waals surface area contributed by atoms with Gasteiger partial charge in [0.05, 0.1) is 89.5 Å². The summed E-state index contributed by atoms with van der Waals surface area (Å²) in [6.07, 6.45) is 1.56. The fraction of sp³-hybridized carbons (Fsp3) is 0.786. The second-order valence-corrected chi connectivity index (χ2v) is 9.22. The lowest BCUT2D eigenvalue weighted by molar-refractivity contribution is -0.141. The normalized spacial score (nSPS) is 15.9. The molecule has 11 heteroatoms. The zero-order valence-corrected chi connectivity index (χ0v) is 24.6. The van der Waals surface area contributed by atoms with Gasteiger partial charge in [-0.05, 0) is 41.5 Å². The molecule has 0 amide bonds. The number of esters is 2. The molecule has 0 rings (SSSR count). The quantitative estimate of drug-likeness (QED) is 0.0880. The third kappa shape index (κ3) is 23.7. The van der Waals surface area contributed by atoms with Crippen molar-refractivity contribution in [1.82, 2.24) is 0 Å². The number of rotatable bonds is 26. The SMILES string of the molecule is C=CC(=O)OCCOCC(C)OCC(C)OCC(C)OCC(C)OCC(C)OCC(C)OCCOC(=O)C=C. The molecule has 0 fully saturated rings. The summed E-state index contributed by atoms with van der Waals surface area (Å²) in [6, 6.07) is 0. The van der Waals surface area contributed by atoms with E-state index in [4.69, 9.17) is 42.6 Å². The van der Waals surface area contributed by atoms with E-state index in [0.29, 0.717) is 52.9 Å². The topological polar surface area (TPSA) is 117 Å². The molecule has 0 N–H and O–H groups in total. The second-order valence-electron chi connectivity index (χ2n) is 9.22. The van der Waals surface area contributed by atoms with Crippen molar-refractivity contribution in [2.45, 2.75) is 78.2 Å². The summed E-state index contributed by atoms with van der Waals surface area (Å²) < 4.78 is 49.6. The van der Waals surface area contributed by atoms with E-state index in [0.717, 1.165) is 12.2 Å². The first kappa shape index (κ1) is 37.1. The van der Waals surface area contributed by atoms with Gasteiger partial charge in [-0.25, -0.2) is 9.59 Å². The monoisotopic (exact) mass is 562 g/mol. The average Bonchev–Trinajstić information content (AvgIpc) is 2.93. The second kappa shape index (κ2) is 24.0. The van der Waals surface area contributed by atoms with Gasteiger partial charge in [0.25, 0.3) is 0 Å². The molecule has 39 heavy (non-hydrogen) atoms. The van der Waals surface area contributed by atoms with Crippen LogP contribution >= 0.6 is 0 Å². The van der Waals surface area contributed by atoms with Crippen molar-refractivity contribution in [2.75, 3.05) is 66.1 Å². The molecule has 0 aromatic rings. The van der Waals surface area contributed by atoms with Crippen LogP contribution in [0.4, 0.5) is 0 Å². The zero-order chi connectivity index (χ0) is 29.5. The van der Waals surface area contributed by atoms with E-state index in [1.54, 1.807) is 0 Å². The predicted octanol–water partition coefficient (Wildman–Crippen LogP) is 2.89. The summed E-state index contributed by atoms with van der Waals surface area (Å²) in [5.41, 5.74) is 0.